The van der Waals surface area contributed by atoms with Crippen LogP contribution in [0.2, 0.25) is 0 Å². The number of aromatic nitrogens is 2. The highest BCUT2D eigenvalue weighted by Crippen LogP contribution is 2.25. The zero-order valence-corrected chi connectivity index (χ0v) is 15.9. The van der Waals surface area contributed by atoms with Crippen molar-refractivity contribution < 1.29 is 18.4 Å². The number of nitrogens with zero attached hydrogens (tertiary/aromatic N) is 3. The summed E-state index contributed by atoms with van der Waals surface area (Å²) in [4.78, 5) is 26.3. The van der Waals surface area contributed by atoms with Crippen molar-refractivity contribution in [2.24, 2.45) is 5.92 Å². The van der Waals surface area contributed by atoms with Crippen LogP contribution in [0.1, 0.15) is 48.0 Å². The first-order valence-electron chi connectivity index (χ1n) is 8.73. The van der Waals surface area contributed by atoms with Crippen LogP contribution in [0.4, 0.5) is 13.9 Å². The Labute approximate surface area is 159 Å². The van der Waals surface area contributed by atoms with Crippen molar-refractivity contribution in [3.8, 4) is 0 Å². The Morgan fingerprint density at radius 2 is 1.93 bits per heavy atom. The van der Waals surface area contributed by atoms with E-state index in [1.54, 1.807) is 0 Å². The molecule has 27 heavy (non-hydrogen) atoms. The summed E-state index contributed by atoms with van der Waals surface area (Å²) in [5.41, 5.74) is -0.158. The van der Waals surface area contributed by atoms with Gasteiger partial charge in [0.25, 0.3) is 5.91 Å². The van der Waals surface area contributed by atoms with Gasteiger partial charge in [0.2, 0.25) is 11.0 Å². The molecule has 2 aromatic rings. The molecular weight excluding hydrogens is 374 g/mol. The summed E-state index contributed by atoms with van der Waals surface area (Å²) < 4.78 is 26.8. The molecule has 1 N–H and O–H groups in total. The van der Waals surface area contributed by atoms with Crippen LogP contribution in [0.3, 0.4) is 0 Å². The number of likely N-dealkylation sites (tertiary alicyclic amines) is 1. The van der Waals surface area contributed by atoms with E-state index in [0.29, 0.717) is 37.1 Å². The minimum Gasteiger partial charge on any atom is -0.339 e. The lowest BCUT2D eigenvalue weighted by molar-refractivity contribution is -0.121. The van der Waals surface area contributed by atoms with E-state index in [4.69, 9.17) is 0 Å². The second kappa shape index (κ2) is 8.08. The van der Waals surface area contributed by atoms with Crippen LogP contribution in [-0.4, -0.2) is 40.0 Å². The number of carbonyl (C=O) groups excluding carboxylic acids is 2. The summed E-state index contributed by atoms with van der Waals surface area (Å²) in [7, 11) is 0. The van der Waals surface area contributed by atoms with Gasteiger partial charge in [-0.15, -0.1) is 10.2 Å². The number of piperidine rings is 1. The van der Waals surface area contributed by atoms with E-state index in [-0.39, 0.29) is 23.3 Å². The summed E-state index contributed by atoms with van der Waals surface area (Å²) in [6, 6.07) is 2.90. The van der Waals surface area contributed by atoms with Crippen LogP contribution in [0.25, 0.3) is 0 Å². The third kappa shape index (κ3) is 4.47. The molecule has 0 atom stereocenters. The molecule has 0 aliphatic carbocycles. The van der Waals surface area contributed by atoms with Gasteiger partial charge in [0.15, 0.2) is 0 Å². The molecule has 1 aromatic carbocycles. The molecule has 3 rings (SSSR count). The number of hydrogen-bond donors (Lipinski definition) is 1. The molecule has 1 saturated heterocycles. The molecule has 0 spiro atoms. The highest BCUT2D eigenvalue weighted by atomic mass is 32.1. The van der Waals surface area contributed by atoms with Gasteiger partial charge in [0, 0.05) is 31.0 Å². The molecule has 2 heterocycles. The van der Waals surface area contributed by atoms with E-state index < -0.39 is 17.5 Å². The van der Waals surface area contributed by atoms with Crippen molar-refractivity contribution in [3.63, 3.8) is 0 Å². The summed E-state index contributed by atoms with van der Waals surface area (Å²) in [6.45, 7) is 4.67. The molecule has 1 fully saturated rings. The monoisotopic (exact) mass is 394 g/mol. The Hall–Kier alpha value is -2.42. The van der Waals surface area contributed by atoms with Gasteiger partial charge >= 0.3 is 0 Å². The third-order valence-corrected chi connectivity index (χ3v) is 5.62. The maximum atomic E-state index is 13.8. The highest BCUT2D eigenvalue weighted by molar-refractivity contribution is 7.15. The minimum absolute atomic E-state index is 0.151. The van der Waals surface area contributed by atoms with Gasteiger partial charge < -0.3 is 10.2 Å². The third-order valence-electron chi connectivity index (χ3n) is 4.48. The Kier molecular flexibility index (Phi) is 5.79. The first-order valence-corrected chi connectivity index (χ1v) is 9.55. The zero-order chi connectivity index (χ0) is 19.6. The zero-order valence-electron chi connectivity index (χ0n) is 15.0. The predicted molar refractivity (Wildman–Crippen MR) is 97.6 cm³/mol. The van der Waals surface area contributed by atoms with Gasteiger partial charge in [-0.2, -0.15) is 0 Å². The molecule has 1 aliphatic heterocycles. The molecule has 1 aromatic heterocycles. The number of amides is 2. The SMILES string of the molecule is CC(C)c1nnc(NC(=O)C2CCN(C(=O)c3ccc(F)cc3F)CC2)s1. The number of hydrogen-bond acceptors (Lipinski definition) is 5. The fourth-order valence-corrected chi connectivity index (χ4v) is 3.65. The lowest BCUT2D eigenvalue weighted by atomic mass is 9.95. The fraction of sp³-hybridized carbons (Fsp3) is 0.444. The molecular formula is C18H20F2N4O2S. The van der Waals surface area contributed by atoms with E-state index in [1.807, 2.05) is 13.8 Å². The van der Waals surface area contributed by atoms with Crippen LogP contribution in [0, 0.1) is 17.6 Å². The van der Waals surface area contributed by atoms with Gasteiger partial charge in [-0.1, -0.05) is 25.2 Å². The molecule has 6 nitrogen and oxygen atoms in total. The maximum Gasteiger partial charge on any atom is 0.256 e. The van der Waals surface area contributed by atoms with Gasteiger partial charge in [-0.3, -0.25) is 9.59 Å². The number of anilines is 1. The topological polar surface area (TPSA) is 75.2 Å². The van der Waals surface area contributed by atoms with Gasteiger partial charge in [-0.25, -0.2) is 8.78 Å². The smallest absolute Gasteiger partial charge is 0.256 e. The quantitative estimate of drug-likeness (QED) is 0.862. The molecule has 0 bridgehead atoms. The van der Waals surface area contributed by atoms with Gasteiger partial charge in [0.1, 0.15) is 16.6 Å². The normalized spacial score (nSPS) is 15.2. The van der Waals surface area contributed by atoms with E-state index in [9.17, 15) is 18.4 Å². The Morgan fingerprint density at radius 3 is 2.52 bits per heavy atom. The lowest BCUT2D eigenvalue weighted by Crippen LogP contribution is -2.41. The fourth-order valence-electron chi connectivity index (χ4n) is 2.90. The molecule has 2 amide bonds. The first-order chi connectivity index (χ1) is 12.8. The van der Waals surface area contributed by atoms with Gasteiger partial charge in [-0.05, 0) is 25.0 Å². The van der Waals surface area contributed by atoms with Crippen molar-refractivity contribution in [2.45, 2.75) is 32.6 Å². The molecule has 9 heteroatoms. The maximum absolute atomic E-state index is 13.8. The van der Waals surface area contributed by atoms with Crippen LogP contribution < -0.4 is 5.32 Å². The number of nitrogens with one attached hydrogen (secondary N) is 1. The van der Waals surface area contributed by atoms with Crippen LogP contribution >= 0.6 is 11.3 Å². The Bertz CT molecular complexity index is 848. The number of rotatable bonds is 4. The van der Waals surface area contributed by atoms with E-state index in [0.717, 1.165) is 17.1 Å². The average Bonchev–Trinajstić information content (AvgIpc) is 3.10. The summed E-state index contributed by atoms with van der Waals surface area (Å²) in [5.74, 6) is -2.25. The molecule has 144 valence electrons. The first kappa shape index (κ1) is 19.3. The van der Waals surface area contributed by atoms with Crippen molar-refractivity contribution in [1.82, 2.24) is 15.1 Å². The standard InChI is InChI=1S/C18H20F2N4O2S/c1-10(2)16-22-23-18(27-16)21-15(25)11-5-7-24(8-6-11)17(26)13-4-3-12(19)9-14(13)20/h3-4,9-11H,5-8H2,1-2H3,(H,21,23,25). The summed E-state index contributed by atoms with van der Waals surface area (Å²) in [5, 5.41) is 12.1. The van der Waals surface area contributed by atoms with Crippen molar-refractivity contribution in [2.75, 3.05) is 18.4 Å². The summed E-state index contributed by atoms with van der Waals surface area (Å²) >= 11 is 1.35. The number of halogens is 2. The van der Waals surface area contributed by atoms with E-state index in [1.165, 1.54) is 16.2 Å². The van der Waals surface area contributed by atoms with Crippen molar-refractivity contribution >= 4 is 28.3 Å². The number of carbonyl (C=O) groups is 2. The average molecular weight is 394 g/mol. The number of benzene rings is 1. The molecule has 0 radical (unpaired) electrons. The molecule has 0 unspecified atom stereocenters. The predicted octanol–water partition coefficient (Wildman–Crippen LogP) is 3.43. The second-order valence-corrected chi connectivity index (χ2v) is 7.79. The lowest BCUT2D eigenvalue weighted by Gasteiger charge is -2.31. The Balaban J connectivity index is 1.56. The summed E-state index contributed by atoms with van der Waals surface area (Å²) in [6.07, 6.45) is 0.937. The Morgan fingerprint density at radius 1 is 1.22 bits per heavy atom. The molecule has 0 saturated carbocycles. The highest BCUT2D eigenvalue weighted by Gasteiger charge is 2.29. The van der Waals surface area contributed by atoms with Crippen LogP contribution in [0.5, 0.6) is 0 Å². The van der Waals surface area contributed by atoms with Crippen LogP contribution in [0.15, 0.2) is 18.2 Å². The molecule has 1 aliphatic rings. The van der Waals surface area contributed by atoms with Crippen molar-refractivity contribution in [1.29, 1.82) is 0 Å². The van der Waals surface area contributed by atoms with Gasteiger partial charge in [0.05, 0.1) is 5.56 Å². The van der Waals surface area contributed by atoms with Crippen molar-refractivity contribution in [3.05, 3.63) is 40.4 Å². The van der Waals surface area contributed by atoms with E-state index in [2.05, 4.69) is 15.5 Å². The van der Waals surface area contributed by atoms with Crippen LogP contribution in [-0.2, 0) is 4.79 Å². The van der Waals surface area contributed by atoms with E-state index >= 15 is 0 Å². The minimum atomic E-state index is -0.878. The largest absolute Gasteiger partial charge is 0.339 e. The second-order valence-electron chi connectivity index (χ2n) is 6.78.